The first-order valence-electron chi connectivity index (χ1n) is 5.49. The Balaban J connectivity index is 1.99. The molecule has 0 saturated heterocycles. The molecule has 2 heterocycles. The molecule has 2 bridgehead atoms. The second-order valence-electron chi connectivity index (χ2n) is 4.43. The summed E-state index contributed by atoms with van der Waals surface area (Å²) in [5, 5.41) is 3.52. The van der Waals surface area contributed by atoms with Crippen molar-refractivity contribution in [3.8, 4) is 0 Å². The molecule has 0 fully saturated rings. The Kier molecular flexibility index (Phi) is 1.44. The van der Waals surface area contributed by atoms with Crippen LogP contribution in [0.5, 0.6) is 0 Å². The molecule has 2 atom stereocenters. The smallest absolute Gasteiger partial charge is 0.123 e. The summed E-state index contributed by atoms with van der Waals surface area (Å²) >= 11 is 0. The number of nitrogens with one attached hydrogen (secondary N) is 1. The van der Waals surface area contributed by atoms with E-state index >= 15 is 0 Å². The van der Waals surface area contributed by atoms with E-state index in [1.807, 2.05) is 12.1 Å². The fraction of sp³-hybridized carbons (Fsp3) is 0.143. The Hall–Kier alpha value is -1.67. The predicted molar refractivity (Wildman–Crippen MR) is 59.7 cm³/mol. The molecule has 2 aromatic rings. The Labute approximate surface area is 92.9 Å². The van der Waals surface area contributed by atoms with Crippen LogP contribution in [0.4, 0.5) is 4.39 Å². The van der Waals surface area contributed by atoms with E-state index < -0.39 is 0 Å². The highest BCUT2D eigenvalue weighted by atomic mass is 19.1. The van der Waals surface area contributed by atoms with Crippen molar-refractivity contribution in [2.24, 2.45) is 0 Å². The van der Waals surface area contributed by atoms with Crippen molar-refractivity contribution >= 4 is 0 Å². The van der Waals surface area contributed by atoms with Crippen LogP contribution in [-0.2, 0) is 0 Å². The lowest BCUT2D eigenvalue weighted by Crippen LogP contribution is -2.08. The minimum atomic E-state index is -0.148. The zero-order valence-corrected chi connectivity index (χ0v) is 8.57. The highest BCUT2D eigenvalue weighted by Gasteiger charge is 2.40. The molecule has 2 unspecified atom stereocenters. The summed E-state index contributed by atoms with van der Waals surface area (Å²) in [5.41, 5.74) is 4.96. The number of halogens is 1. The molecular formula is C14H10FN. The van der Waals surface area contributed by atoms with E-state index in [4.69, 9.17) is 0 Å². The first-order chi connectivity index (χ1) is 7.84. The molecule has 4 rings (SSSR count). The quantitative estimate of drug-likeness (QED) is 0.706. The van der Waals surface area contributed by atoms with Gasteiger partial charge in [0.05, 0.1) is 12.1 Å². The summed E-state index contributed by atoms with van der Waals surface area (Å²) in [6, 6.07) is 13.9. The van der Waals surface area contributed by atoms with Gasteiger partial charge in [-0.05, 0) is 34.4 Å². The van der Waals surface area contributed by atoms with Crippen molar-refractivity contribution in [2.45, 2.75) is 12.1 Å². The van der Waals surface area contributed by atoms with Crippen LogP contribution in [0.1, 0.15) is 34.3 Å². The molecule has 0 aliphatic carbocycles. The average Bonchev–Trinajstić information content (AvgIpc) is 2.85. The highest BCUT2D eigenvalue weighted by Crippen LogP contribution is 2.48. The Morgan fingerprint density at radius 1 is 0.812 bits per heavy atom. The van der Waals surface area contributed by atoms with Gasteiger partial charge >= 0.3 is 0 Å². The van der Waals surface area contributed by atoms with Gasteiger partial charge < -0.3 is 0 Å². The Morgan fingerprint density at radius 2 is 1.44 bits per heavy atom. The lowest BCUT2D eigenvalue weighted by molar-refractivity contribution is 0.623. The van der Waals surface area contributed by atoms with Gasteiger partial charge in [0, 0.05) is 0 Å². The summed E-state index contributed by atoms with van der Waals surface area (Å²) in [4.78, 5) is 0. The summed E-state index contributed by atoms with van der Waals surface area (Å²) in [6.45, 7) is 0. The molecule has 2 aromatic carbocycles. The van der Waals surface area contributed by atoms with Crippen molar-refractivity contribution in [1.82, 2.24) is 5.32 Å². The van der Waals surface area contributed by atoms with Crippen LogP contribution in [-0.4, -0.2) is 0 Å². The van der Waals surface area contributed by atoms with E-state index in [0.29, 0.717) is 0 Å². The van der Waals surface area contributed by atoms with Gasteiger partial charge in [0.1, 0.15) is 5.82 Å². The molecule has 0 radical (unpaired) electrons. The molecule has 0 amide bonds. The van der Waals surface area contributed by atoms with Gasteiger partial charge in [0.2, 0.25) is 0 Å². The van der Waals surface area contributed by atoms with Crippen LogP contribution in [0.2, 0.25) is 0 Å². The van der Waals surface area contributed by atoms with Crippen molar-refractivity contribution in [1.29, 1.82) is 0 Å². The number of hydrogen-bond acceptors (Lipinski definition) is 1. The minimum Gasteiger partial charge on any atom is -0.295 e. The predicted octanol–water partition coefficient (Wildman–Crippen LogP) is 2.92. The fourth-order valence-corrected chi connectivity index (χ4v) is 2.96. The number of fused-ring (bicyclic) bond motifs is 8. The molecule has 1 N–H and O–H groups in total. The maximum absolute atomic E-state index is 13.2. The monoisotopic (exact) mass is 211 g/mol. The highest BCUT2D eigenvalue weighted by molar-refractivity contribution is 5.56. The summed E-state index contributed by atoms with van der Waals surface area (Å²) in [7, 11) is 0. The fourth-order valence-electron chi connectivity index (χ4n) is 2.96. The molecule has 16 heavy (non-hydrogen) atoms. The van der Waals surface area contributed by atoms with Crippen LogP contribution in [0.25, 0.3) is 0 Å². The summed E-state index contributed by atoms with van der Waals surface area (Å²) in [5.74, 6) is -0.148. The van der Waals surface area contributed by atoms with Gasteiger partial charge in [-0.25, -0.2) is 4.39 Å². The van der Waals surface area contributed by atoms with Crippen LogP contribution < -0.4 is 5.32 Å². The third-order valence-corrected chi connectivity index (χ3v) is 3.62. The van der Waals surface area contributed by atoms with Gasteiger partial charge in [-0.2, -0.15) is 0 Å². The van der Waals surface area contributed by atoms with Gasteiger partial charge in [-0.1, -0.05) is 30.3 Å². The zero-order valence-electron chi connectivity index (χ0n) is 8.57. The maximum atomic E-state index is 13.2. The molecule has 2 aliphatic heterocycles. The van der Waals surface area contributed by atoms with E-state index in [1.165, 1.54) is 16.7 Å². The van der Waals surface area contributed by atoms with E-state index in [0.717, 1.165) is 5.56 Å². The maximum Gasteiger partial charge on any atom is 0.123 e. The van der Waals surface area contributed by atoms with Crippen molar-refractivity contribution in [3.63, 3.8) is 0 Å². The van der Waals surface area contributed by atoms with Gasteiger partial charge in [-0.15, -0.1) is 0 Å². The molecule has 1 nitrogen and oxygen atoms in total. The summed E-state index contributed by atoms with van der Waals surface area (Å²) in [6.07, 6.45) is 0. The molecule has 0 aromatic heterocycles. The number of benzene rings is 2. The first kappa shape index (κ1) is 8.48. The molecular weight excluding hydrogens is 201 g/mol. The number of hydrogen-bond donors (Lipinski definition) is 1. The van der Waals surface area contributed by atoms with Crippen LogP contribution >= 0.6 is 0 Å². The van der Waals surface area contributed by atoms with Crippen LogP contribution in [0.15, 0.2) is 42.5 Å². The van der Waals surface area contributed by atoms with Crippen LogP contribution in [0.3, 0.4) is 0 Å². The van der Waals surface area contributed by atoms with Gasteiger partial charge in [0.15, 0.2) is 0 Å². The minimum absolute atomic E-state index is 0.148. The van der Waals surface area contributed by atoms with E-state index in [1.54, 1.807) is 12.1 Å². The topological polar surface area (TPSA) is 12.0 Å². The standard InChI is InChI=1S/C14H10FN/c15-8-5-6-11-12(7-8)14-10-4-2-1-3-9(10)13(11)16-14/h1-7,13-14,16H. The molecule has 2 aliphatic rings. The zero-order chi connectivity index (χ0) is 10.7. The SMILES string of the molecule is Fc1ccc2c(c1)C1NC2c2ccccc21. The van der Waals surface area contributed by atoms with Crippen LogP contribution in [0, 0.1) is 5.82 Å². The first-order valence-corrected chi connectivity index (χ1v) is 5.49. The van der Waals surface area contributed by atoms with Crippen molar-refractivity contribution in [2.75, 3.05) is 0 Å². The van der Waals surface area contributed by atoms with E-state index in [-0.39, 0.29) is 17.9 Å². The second-order valence-corrected chi connectivity index (χ2v) is 4.43. The van der Waals surface area contributed by atoms with Crippen molar-refractivity contribution in [3.05, 3.63) is 70.5 Å². The van der Waals surface area contributed by atoms with E-state index in [9.17, 15) is 4.39 Å². The normalized spacial score (nSPS) is 24.3. The van der Waals surface area contributed by atoms with Gasteiger partial charge in [-0.3, -0.25) is 5.32 Å². The molecule has 2 heteroatoms. The van der Waals surface area contributed by atoms with E-state index in [2.05, 4.69) is 23.5 Å². The Morgan fingerprint density at radius 3 is 2.19 bits per heavy atom. The lowest BCUT2D eigenvalue weighted by atomic mass is 9.86. The molecule has 0 saturated carbocycles. The molecule has 78 valence electrons. The summed E-state index contributed by atoms with van der Waals surface area (Å²) < 4.78 is 13.2. The third kappa shape index (κ3) is 0.883. The Bertz CT molecular complexity index is 591. The third-order valence-electron chi connectivity index (χ3n) is 3.62. The largest absolute Gasteiger partial charge is 0.295 e. The van der Waals surface area contributed by atoms with Gasteiger partial charge in [0.25, 0.3) is 0 Å². The lowest BCUT2D eigenvalue weighted by Gasteiger charge is -2.16. The average molecular weight is 211 g/mol. The second kappa shape index (κ2) is 2.71. The molecule has 0 spiro atoms. The van der Waals surface area contributed by atoms with Crippen molar-refractivity contribution < 1.29 is 4.39 Å². The number of rotatable bonds is 0.